The van der Waals surface area contributed by atoms with Crippen molar-refractivity contribution in [3.05, 3.63) is 58.1 Å². The van der Waals surface area contributed by atoms with Crippen LogP contribution in [-0.4, -0.2) is 136 Å². The molecule has 4 saturated heterocycles. The van der Waals surface area contributed by atoms with E-state index in [0.717, 1.165) is 83.0 Å². The van der Waals surface area contributed by atoms with Crippen molar-refractivity contribution < 1.29 is 9.59 Å². The number of halogens is 4. The summed E-state index contributed by atoms with van der Waals surface area (Å²) >= 11 is 12.3. The molecule has 4 aliphatic heterocycles. The quantitative estimate of drug-likeness (QED) is 0.219. The summed E-state index contributed by atoms with van der Waals surface area (Å²) in [5, 5.41) is 1.40. The fraction of sp³-hybridized carbons (Fsp3) is 0.659. The molecule has 53 heavy (non-hydrogen) atoms. The maximum Gasteiger partial charge on any atom is 0.143 e. The number of aryl methyl sites for hydroxylation is 1. The highest BCUT2D eigenvalue weighted by Gasteiger charge is 2.24. The summed E-state index contributed by atoms with van der Waals surface area (Å²) in [6.45, 7) is 22.4. The van der Waals surface area contributed by atoms with Crippen molar-refractivity contribution in [3.63, 3.8) is 0 Å². The number of rotatable bonds is 12. The Labute approximate surface area is 342 Å². The van der Waals surface area contributed by atoms with Gasteiger partial charge in [-0.15, -0.1) is 24.8 Å². The van der Waals surface area contributed by atoms with Crippen LogP contribution in [0.15, 0.2) is 42.5 Å². The van der Waals surface area contributed by atoms with Gasteiger partial charge in [-0.25, -0.2) is 0 Å². The summed E-state index contributed by atoms with van der Waals surface area (Å²) in [6, 6.07) is 14.7. The zero-order valence-corrected chi connectivity index (χ0v) is 35.5. The zero-order valence-electron chi connectivity index (χ0n) is 32.3. The van der Waals surface area contributed by atoms with E-state index in [9.17, 15) is 9.59 Å². The SMILES string of the molecule is CC(=O)CN1CCC(CCN2CCN(c3cc(Cl)cc(Cl)c3)CC2)CC1.CC(=O)CN1CCC(CCN2CCN(c3ccc(C)cc3)CC2)CC1.Cl.Cl. The highest BCUT2D eigenvalue weighted by Crippen LogP contribution is 2.27. The van der Waals surface area contributed by atoms with E-state index in [1.807, 2.05) is 12.1 Å². The minimum atomic E-state index is 0. The van der Waals surface area contributed by atoms with Crippen LogP contribution >= 0.6 is 48.0 Å². The fourth-order valence-corrected chi connectivity index (χ4v) is 8.68. The Morgan fingerprint density at radius 3 is 1.30 bits per heavy atom. The number of hydrogen-bond donors (Lipinski definition) is 0. The molecule has 0 bridgehead atoms. The highest BCUT2D eigenvalue weighted by molar-refractivity contribution is 6.35. The van der Waals surface area contributed by atoms with E-state index in [1.54, 1.807) is 19.9 Å². The van der Waals surface area contributed by atoms with E-state index in [0.29, 0.717) is 28.9 Å². The van der Waals surface area contributed by atoms with Crippen molar-refractivity contribution in [2.45, 2.75) is 59.3 Å². The largest absolute Gasteiger partial charge is 0.369 e. The van der Waals surface area contributed by atoms with Crippen molar-refractivity contribution in [3.8, 4) is 0 Å². The number of Topliss-reactive ketones (excluding diaryl/α,β-unsaturated/α-hetero) is 2. The second-order valence-corrected chi connectivity index (χ2v) is 16.4. The van der Waals surface area contributed by atoms with Gasteiger partial charge in [0.25, 0.3) is 0 Å². The number of ketones is 2. The second-order valence-electron chi connectivity index (χ2n) is 15.5. The molecule has 0 spiro atoms. The predicted octanol–water partition coefficient (Wildman–Crippen LogP) is 7.46. The number of carbonyl (C=O) groups excluding carboxylic acids is 2. The first-order valence-corrected chi connectivity index (χ1v) is 20.3. The van der Waals surface area contributed by atoms with Gasteiger partial charge in [0, 0.05) is 73.8 Å². The first-order chi connectivity index (χ1) is 24.6. The molecule has 0 N–H and O–H groups in total. The average Bonchev–Trinajstić information content (AvgIpc) is 3.11. The number of nitrogens with zero attached hydrogens (tertiary/aromatic N) is 6. The maximum absolute atomic E-state index is 11.2. The van der Waals surface area contributed by atoms with Crippen LogP contribution in [0.1, 0.15) is 57.9 Å². The van der Waals surface area contributed by atoms with Gasteiger partial charge < -0.3 is 9.80 Å². The number of carbonyl (C=O) groups is 2. The molecule has 0 aromatic heterocycles. The summed E-state index contributed by atoms with van der Waals surface area (Å²) in [5.41, 5.74) is 3.82. The van der Waals surface area contributed by atoms with E-state index >= 15 is 0 Å². The van der Waals surface area contributed by atoms with Crippen LogP contribution in [0, 0.1) is 18.8 Å². The Kier molecular flexibility index (Phi) is 20.2. The lowest BCUT2D eigenvalue weighted by atomic mass is 9.93. The Hall–Kier alpha value is -1.62. The van der Waals surface area contributed by atoms with Gasteiger partial charge in [0.05, 0.1) is 13.1 Å². The number of piperidine rings is 2. The normalized spacial score (nSPS) is 19.9. The van der Waals surface area contributed by atoms with Crippen molar-refractivity contribution in [1.82, 2.24) is 19.6 Å². The van der Waals surface area contributed by atoms with Crippen molar-refractivity contribution in [1.29, 1.82) is 0 Å². The van der Waals surface area contributed by atoms with Crippen LogP contribution in [0.25, 0.3) is 0 Å². The summed E-state index contributed by atoms with van der Waals surface area (Å²) < 4.78 is 0. The highest BCUT2D eigenvalue weighted by atomic mass is 35.5. The lowest BCUT2D eigenvalue weighted by molar-refractivity contribution is -0.119. The Morgan fingerprint density at radius 1 is 0.547 bits per heavy atom. The number of piperazine rings is 2. The molecule has 0 radical (unpaired) electrons. The molecule has 2 aromatic rings. The summed E-state index contributed by atoms with van der Waals surface area (Å²) in [6.07, 6.45) is 7.57. The van der Waals surface area contributed by atoms with Crippen LogP contribution in [0.3, 0.4) is 0 Å². The maximum atomic E-state index is 11.2. The van der Waals surface area contributed by atoms with Crippen LogP contribution in [0.2, 0.25) is 10.0 Å². The Morgan fingerprint density at radius 2 is 0.925 bits per heavy atom. The Balaban J connectivity index is 0.000000275. The number of likely N-dealkylation sites (tertiary alicyclic amines) is 2. The van der Waals surface area contributed by atoms with E-state index in [1.165, 1.54) is 76.0 Å². The van der Waals surface area contributed by atoms with Gasteiger partial charge in [-0.2, -0.15) is 0 Å². The molecule has 4 aliphatic rings. The monoisotopic (exact) mass is 812 g/mol. The van der Waals surface area contributed by atoms with Crippen LogP contribution < -0.4 is 9.80 Å². The first-order valence-electron chi connectivity index (χ1n) is 19.5. The number of hydrogen-bond acceptors (Lipinski definition) is 8. The summed E-state index contributed by atoms with van der Waals surface area (Å²) in [5.74, 6) is 2.23. The fourth-order valence-electron chi connectivity index (χ4n) is 8.16. The van der Waals surface area contributed by atoms with E-state index in [2.05, 4.69) is 60.6 Å². The van der Waals surface area contributed by atoms with Crippen LogP contribution in [-0.2, 0) is 9.59 Å². The molecule has 0 aliphatic carbocycles. The molecule has 0 atom stereocenters. The van der Waals surface area contributed by atoms with Crippen molar-refractivity contribution in [2.75, 3.05) is 115 Å². The molecule has 6 rings (SSSR count). The topological polar surface area (TPSA) is 53.6 Å². The minimum absolute atomic E-state index is 0. The molecule has 0 saturated carbocycles. The van der Waals surface area contributed by atoms with E-state index in [4.69, 9.17) is 23.2 Å². The number of anilines is 2. The molecular weight excluding hydrogens is 750 g/mol. The van der Waals surface area contributed by atoms with Gasteiger partial charge in [-0.3, -0.25) is 29.2 Å². The molecule has 12 heteroatoms. The van der Waals surface area contributed by atoms with Gasteiger partial charge in [-0.05, 0) is 141 Å². The van der Waals surface area contributed by atoms with E-state index < -0.39 is 0 Å². The van der Waals surface area contributed by atoms with Gasteiger partial charge >= 0.3 is 0 Å². The summed E-state index contributed by atoms with van der Waals surface area (Å²) in [4.78, 5) is 37.1. The lowest BCUT2D eigenvalue weighted by Gasteiger charge is -2.37. The smallest absolute Gasteiger partial charge is 0.143 e. The van der Waals surface area contributed by atoms with Gasteiger partial charge in [0.2, 0.25) is 0 Å². The first kappa shape index (κ1) is 45.8. The predicted molar refractivity (Wildman–Crippen MR) is 228 cm³/mol. The average molecular weight is 815 g/mol. The number of benzene rings is 2. The third-order valence-electron chi connectivity index (χ3n) is 11.4. The molecule has 0 amide bonds. The molecule has 0 unspecified atom stereocenters. The van der Waals surface area contributed by atoms with Gasteiger partial charge in [-0.1, -0.05) is 40.9 Å². The molecule has 4 heterocycles. The van der Waals surface area contributed by atoms with Gasteiger partial charge in [0.1, 0.15) is 11.6 Å². The third kappa shape index (κ3) is 15.8. The lowest BCUT2D eigenvalue weighted by Crippen LogP contribution is -2.47. The van der Waals surface area contributed by atoms with Gasteiger partial charge in [0.15, 0.2) is 0 Å². The second kappa shape index (κ2) is 23.4. The zero-order chi connectivity index (χ0) is 36.2. The molecule has 4 fully saturated rings. The minimum Gasteiger partial charge on any atom is -0.369 e. The van der Waals surface area contributed by atoms with Crippen LogP contribution in [0.4, 0.5) is 11.4 Å². The molecule has 2 aromatic carbocycles. The van der Waals surface area contributed by atoms with Crippen molar-refractivity contribution in [2.24, 2.45) is 11.8 Å². The molecule has 298 valence electrons. The molecule has 8 nitrogen and oxygen atoms in total. The van der Waals surface area contributed by atoms with Crippen molar-refractivity contribution >= 4 is 71.0 Å². The van der Waals surface area contributed by atoms with E-state index in [-0.39, 0.29) is 30.6 Å². The standard InChI is InChI=1S/C21H33N3O.C20H29Cl2N3O.2ClH/c1-18-3-5-21(6-4-18)24-15-13-22(14-16-24)10-7-20-8-11-23(12-9-20)17-19(2)25;1-16(26)15-24-6-3-17(4-7-24)2-5-23-8-10-25(11-9-23)20-13-18(21)12-19(22)14-20;;/h3-6,20H,7-17H2,1-2H3;12-14,17H,2-11,15H2,1H3;2*1H. The Bertz CT molecular complexity index is 1350. The van der Waals surface area contributed by atoms with Crippen LogP contribution in [0.5, 0.6) is 0 Å². The third-order valence-corrected chi connectivity index (χ3v) is 11.8. The summed E-state index contributed by atoms with van der Waals surface area (Å²) in [7, 11) is 0. The molecular formula is C41H64Cl4N6O2.